The number of hydrogen-bond acceptors (Lipinski definition) is 5. The molecule has 29 heavy (non-hydrogen) atoms. The van der Waals surface area contributed by atoms with Crippen molar-refractivity contribution in [3.63, 3.8) is 0 Å². The summed E-state index contributed by atoms with van der Waals surface area (Å²) < 4.78 is 15.9. The van der Waals surface area contributed by atoms with Gasteiger partial charge in [-0.05, 0) is 49.1 Å². The van der Waals surface area contributed by atoms with E-state index in [-0.39, 0.29) is 12.6 Å². The number of ether oxygens (including phenoxy) is 3. The number of esters is 2. The van der Waals surface area contributed by atoms with Crippen LogP contribution in [0.2, 0.25) is 0 Å². The van der Waals surface area contributed by atoms with E-state index in [1.165, 1.54) is 7.11 Å². The molecule has 0 saturated heterocycles. The summed E-state index contributed by atoms with van der Waals surface area (Å²) in [5.41, 5.74) is 2.52. The van der Waals surface area contributed by atoms with Gasteiger partial charge >= 0.3 is 11.9 Å². The highest BCUT2D eigenvalue weighted by Crippen LogP contribution is 2.24. The summed E-state index contributed by atoms with van der Waals surface area (Å²) in [4.78, 5) is 24.9. The number of benzene rings is 2. The third kappa shape index (κ3) is 6.79. The Morgan fingerprint density at radius 2 is 1.76 bits per heavy atom. The molecule has 0 atom stereocenters. The summed E-state index contributed by atoms with van der Waals surface area (Å²) in [5, 5.41) is 0. The maximum Gasteiger partial charge on any atom is 0.342 e. The monoisotopic (exact) mass is 396 g/mol. The van der Waals surface area contributed by atoms with E-state index >= 15 is 0 Å². The number of hydrogen-bond donors (Lipinski definition) is 0. The summed E-state index contributed by atoms with van der Waals surface area (Å²) >= 11 is 0. The average molecular weight is 396 g/mol. The van der Waals surface area contributed by atoms with Crippen LogP contribution in [0.5, 0.6) is 5.75 Å². The van der Waals surface area contributed by atoms with Gasteiger partial charge in [-0.2, -0.15) is 0 Å². The Morgan fingerprint density at radius 1 is 1.00 bits per heavy atom. The van der Waals surface area contributed by atoms with Crippen molar-refractivity contribution in [2.24, 2.45) is 0 Å². The van der Waals surface area contributed by atoms with Gasteiger partial charge in [0, 0.05) is 5.57 Å². The molecule has 2 rings (SSSR count). The molecule has 5 heteroatoms. The number of carbonyl (C=O) groups is 2. The van der Waals surface area contributed by atoms with E-state index in [1.54, 1.807) is 31.2 Å². The molecule has 0 saturated carbocycles. The van der Waals surface area contributed by atoms with E-state index in [0.29, 0.717) is 29.9 Å². The van der Waals surface area contributed by atoms with Crippen LogP contribution in [0.1, 0.15) is 54.6 Å². The fourth-order valence-corrected chi connectivity index (χ4v) is 2.80. The number of unbranched alkanes of at least 4 members (excludes halogenated alkanes) is 1. The van der Waals surface area contributed by atoms with Crippen molar-refractivity contribution in [1.29, 1.82) is 0 Å². The van der Waals surface area contributed by atoms with Crippen LogP contribution < -0.4 is 4.74 Å². The van der Waals surface area contributed by atoms with E-state index in [2.05, 4.69) is 6.92 Å². The van der Waals surface area contributed by atoms with Gasteiger partial charge < -0.3 is 14.2 Å². The predicted molar refractivity (Wildman–Crippen MR) is 113 cm³/mol. The largest absolute Gasteiger partial charge is 0.496 e. The molecular weight excluding hydrogens is 368 g/mol. The molecule has 0 spiro atoms. The minimum absolute atomic E-state index is 0.174. The standard InChI is InChI=1S/C24H28O5/c1-4-6-12-20(23(25)28-5-2)15-19-13-14-22(27-3)21(16-19)24(26)29-17-18-10-8-7-9-11-18/h7-11,13-16H,4-6,12,17H2,1-3H3/b20-15+. The van der Waals surface area contributed by atoms with Crippen LogP contribution in [-0.4, -0.2) is 25.7 Å². The molecule has 0 N–H and O–H groups in total. The Balaban J connectivity index is 2.25. The summed E-state index contributed by atoms with van der Waals surface area (Å²) in [6.45, 7) is 4.34. The van der Waals surface area contributed by atoms with Gasteiger partial charge in [-0.3, -0.25) is 0 Å². The SMILES string of the molecule is CCCC/C(=C\c1ccc(OC)c(C(=O)OCc2ccccc2)c1)C(=O)OCC. The van der Waals surface area contributed by atoms with Crippen LogP contribution in [0.4, 0.5) is 0 Å². The highest BCUT2D eigenvalue weighted by atomic mass is 16.5. The third-order valence-electron chi connectivity index (χ3n) is 4.33. The minimum Gasteiger partial charge on any atom is -0.496 e. The molecule has 0 aliphatic carbocycles. The van der Waals surface area contributed by atoms with E-state index in [0.717, 1.165) is 24.0 Å². The van der Waals surface area contributed by atoms with Crippen LogP contribution in [0.25, 0.3) is 6.08 Å². The zero-order valence-corrected chi connectivity index (χ0v) is 17.3. The number of rotatable bonds is 10. The smallest absolute Gasteiger partial charge is 0.342 e. The predicted octanol–water partition coefficient (Wildman–Crippen LogP) is 5.19. The van der Waals surface area contributed by atoms with E-state index in [4.69, 9.17) is 14.2 Å². The van der Waals surface area contributed by atoms with Crippen molar-refractivity contribution < 1.29 is 23.8 Å². The lowest BCUT2D eigenvalue weighted by Crippen LogP contribution is -2.09. The highest BCUT2D eigenvalue weighted by molar-refractivity contribution is 5.96. The molecule has 0 amide bonds. The molecule has 0 aliphatic heterocycles. The van der Waals surface area contributed by atoms with Gasteiger partial charge in [-0.15, -0.1) is 0 Å². The van der Waals surface area contributed by atoms with Gasteiger partial charge in [0.25, 0.3) is 0 Å². The molecule has 0 bridgehead atoms. The molecule has 2 aromatic carbocycles. The minimum atomic E-state index is -0.479. The van der Waals surface area contributed by atoms with Gasteiger partial charge in [-0.1, -0.05) is 49.7 Å². The summed E-state index contributed by atoms with van der Waals surface area (Å²) in [5.74, 6) is -0.386. The van der Waals surface area contributed by atoms with Crippen molar-refractivity contribution in [2.75, 3.05) is 13.7 Å². The van der Waals surface area contributed by atoms with Gasteiger partial charge in [0.1, 0.15) is 17.9 Å². The van der Waals surface area contributed by atoms with Crippen molar-refractivity contribution in [2.45, 2.75) is 39.7 Å². The van der Waals surface area contributed by atoms with Gasteiger partial charge in [0.05, 0.1) is 13.7 Å². The van der Waals surface area contributed by atoms with Crippen LogP contribution in [0.15, 0.2) is 54.1 Å². The first-order chi connectivity index (χ1) is 14.1. The average Bonchev–Trinajstić information content (AvgIpc) is 2.75. The molecule has 154 valence electrons. The maximum atomic E-state index is 12.6. The zero-order valence-electron chi connectivity index (χ0n) is 17.3. The Hall–Kier alpha value is -3.08. The van der Waals surface area contributed by atoms with Crippen molar-refractivity contribution in [3.8, 4) is 5.75 Å². The van der Waals surface area contributed by atoms with E-state index in [9.17, 15) is 9.59 Å². The van der Waals surface area contributed by atoms with E-state index in [1.807, 2.05) is 30.3 Å². The van der Waals surface area contributed by atoms with Crippen LogP contribution >= 0.6 is 0 Å². The maximum absolute atomic E-state index is 12.6. The summed E-state index contributed by atoms with van der Waals surface area (Å²) in [7, 11) is 1.50. The first kappa shape index (κ1) is 22.2. The summed E-state index contributed by atoms with van der Waals surface area (Å²) in [6, 6.07) is 14.7. The van der Waals surface area contributed by atoms with Crippen molar-refractivity contribution in [1.82, 2.24) is 0 Å². The quantitative estimate of drug-likeness (QED) is 0.409. The van der Waals surface area contributed by atoms with Crippen LogP contribution in [0, 0.1) is 0 Å². The van der Waals surface area contributed by atoms with Crippen molar-refractivity contribution in [3.05, 3.63) is 70.8 Å². The molecular formula is C24H28O5. The Kier molecular flexibility index (Phi) is 8.96. The number of carbonyl (C=O) groups excluding carboxylic acids is 2. The van der Waals surface area contributed by atoms with Crippen LogP contribution in [-0.2, 0) is 20.9 Å². The summed E-state index contributed by atoms with van der Waals surface area (Å²) in [6.07, 6.45) is 4.24. The topological polar surface area (TPSA) is 61.8 Å². The third-order valence-corrected chi connectivity index (χ3v) is 4.33. The highest BCUT2D eigenvalue weighted by Gasteiger charge is 2.16. The Bertz CT molecular complexity index is 840. The van der Waals surface area contributed by atoms with Crippen molar-refractivity contribution >= 4 is 18.0 Å². The second-order valence-corrected chi connectivity index (χ2v) is 6.52. The molecule has 0 aromatic heterocycles. The molecule has 5 nitrogen and oxygen atoms in total. The molecule has 0 heterocycles. The Morgan fingerprint density at radius 3 is 2.41 bits per heavy atom. The first-order valence-electron chi connectivity index (χ1n) is 9.85. The zero-order chi connectivity index (χ0) is 21.1. The molecule has 0 aliphatic rings. The Labute approximate surface area is 172 Å². The molecule has 0 radical (unpaired) electrons. The van der Waals surface area contributed by atoms with Gasteiger partial charge in [0.2, 0.25) is 0 Å². The lowest BCUT2D eigenvalue weighted by Gasteiger charge is -2.11. The number of methoxy groups -OCH3 is 1. The van der Waals surface area contributed by atoms with Crippen LogP contribution in [0.3, 0.4) is 0 Å². The fourth-order valence-electron chi connectivity index (χ4n) is 2.80. The molecule has 0 fully saturated rings. The van der Waals surface area contributed by atoms with Gasteiger partial charge in [-0.25, -0.2) is 9.59 Å². The van der Waals surface area contributed by atoms with E-state index < -0.39 is 5.97 Å². The lowest BCUT2D eigenvalue weighted by atomic mass is 10.0. The molecule has 0 unspecified atom stereocenters. The second kappa shape index (κ2) is 11.7. The van der Waals surface area contributed by atoms with Gasteiger partial charge in [0.15, 0.2) is 0 Å². The second-order valence-electron chi connectivity index (χ2n) is 6.52. The first-order valence-corrected chi connectivity index (χ1v) is 9.85. The fraction of sp³-hybridized carbons (Fsp3) is 0.333. The normalized spacial score (nSPS) is 11.1. The lowest BCUT2D eigenvalue weighted by molar-refractivity contribution is -0.138. The molecule has 2 aromatic rings.